The lowest BCUT2D eigenvalue weighted by atomic mass is 9.89. The van der Waals surface area contributed by atoms with E-state index in [4.69, 9.17) is 4.42 Å². The third-order valence-corrected chi connectivity index (χ3v) is 4.70. The maximum atomic E-state index is 12.7. The van der Waals surface area contributed by atoms with Gasteiger partial charge in [-0.05, 0) is 24.1 Å². The highest BCUT2D eigenvalue weighted by atomic mass is 16.4. The Hall–Kier alpha value is -2.56. The summed E-state index contributed by atoms with van der Waals surface area (Å²) in [6, 6.07) is 11.3. The van der Waals surface area contributed by atoms with Crippen molar-refractivity contribution in [3.63, 3.8) is 0 Å². The van der Waals surface area contributed by atoms with Crippen molar-refractivity contribution in [2.45, 2.75) is 26.2 Å². The van der Waals surface area contributed by atoms with E-state index in [1.165, 1.54) is 0 Å². The molecule has 5 heteroatoms. The number of furan rings is 1. The van der Waals surface area contributed by atoms with Gasteiger partial charge >= 0.3 is 5.97 Å². The molecule has 0 bridgehead atoms. The normalized spacial score (nSPS) is 20.3. The molecule has 0 unspecified atom stereocenters. The molecule has 1 aliphatic rings. The first-order valence-electron chi connectivity index (χ1n) is 8.17. The van der Waals surface area contributed by atoms with Crippen molar-refractivity contribution in [2.24, 2.45) is 5.92 Å². The second kappa shape index (κ2) is 6.51. The van der Waals surface area contributed by atoms with Crippen molar-refractivity contribution < 1.29 is 19.1 Å². The summed E-state index contributed by atoms with van der Waals surface area (Å²) >= 11 is 0. The van der Waals surface area contributed by atoms with Crippen molar-refractivity contribution in [3.05, 3.63) is 59.0 Å². The lowest BCUT2D eigenvalue weighted by molar-refractivity contribution is -0.141. The predicted molar refractivity (Wildman–Crippen MR) is 89.0 cm³/mol. The number of aryl methyl sites for hydroxylation is 2. The van der Waals surface area contributed by atoms with Gasteiger partial charge in [-0.2, -0.15) is 0 Å². The molecule has 3 rings (SSSR count). The zero-order valence-electron chi connectivity index (χ0n) is 13.9. The molecule has 0 aliphatic carbocycles. The van der Waals surface area contributed by atoms with E-state index in [1.807, 2.05) is 44.2 Å². The molecule has 2 aromatic rings. The number of benzene rings is 1. The van der Waals surface area contributed by atoms with Crippen LogP contribution in [0.1, 0.15) is 40.3 Å². The lowest BCUT2D eigenvalue weighted by Gasteiger charge is -2.15. The Balaban J connectivity index is 1.84. The molecular formula is C19H21NO4. The second-order valence-electron chi connectivity index (χ2n) is 6.24. The van der Waals surface area contributed by atoms with Gasteiger partial charge in [0, 0.05) is 25.4 Å². The molecule has 1 aromatic carbocycles. The Labute approximate surface area is 140 Å². The van der Waals surface area contributed by atoms with Crippen molar-refractivity contribution in [3.8, 4) is 0 Å². The van der Waals surface area contributed by atoms with Crippen molar-refractivity contribution in [1.82, 2.24) is 4.90 Å². The third-order valence-electron chi connectivity index (χ3n) is 4.70. The highest BCUT2D eigenvalue weighted by Crippen LogP contribution is 2.34. The van der Waals surface area contributed by atoms with Crippen LogP contribution in [-0.4, -0.2) is 35.0 Å². The summed E-state index contributed by atoms with van der Waals surface area (Å²) in [6.07, 6.45) is 0.726. The average molecular weight is 327 g/mol. The van der Waals surface area contributed by atoms with Crippen LogP contribution in [0.5, 0.6) is 0 Å². The first-order chi connectivity index (χ1) is 11.5. The zero-order chi connectivity index (χ0) is 17.3. The van der Waals surface area contributed by atoms with Crippen LogP contribution in [0, 0.1) is 12.8 Å². The molecule has 126 valence electrons. The van der Waals surface area contributed by atoms with Gasteiger partial charge in [-0.1, -0.05) is 37.3 Å². The summed E-state index contributed by atoms with van der Waals surface area (Å²) in [4.78, 5) is 25.9. The van der Waals surface area contributed by atoms with E-state index in [-0.39, 0.29) is 18.4 Å². The number of nitrogens with zero attached hydrogens (tertiary/aromatic N) is 1. The summed E-state index contributed by atoms with van der Waals surface area (Å²) in [7, 11) is 0. The average Bonchev–Trinajstić information content (AvgIpc) is 3.19. The number of carboxylic acids is 1. The molecule has 1 fully saturated rings. The molecule has 0 radical (unpaired) electrons. The smallest absolute Gasteiger partial charge is 0.308 e. The molecule has 1 aromatic heterocycles. The Morgan fingerprint density at radius 1 is 1.25 bits per heavy atom. The molecular weight excluding hydrogens is 306 g/mol. The number of amides is 1. The fraction of sp³-hybridized carbons (Fsp3) is 0.368. The van der Waals surface area contributed by atoms with Gasteiger partial charge in [0.2, 0.25) is 0 Å². The van der Waals surface area contributed by atoms with Crippen LogP contribution < -0.4 is 0 Å². The number of hydrogen-bond donors (Lipinski definition) is 1. The molecule has 0 spiro atoms. The van der Waals surface area contributed by atoms with E-state index in [9.17, 15) is 14.7 Å². The fourth-order valence-electron chi connectivity index (χ4n) is 3.39. The first-order valence-corrected chi connectivity index (χ1v) is 8.17. The number of carbonyl (C=O) groups excluding carboxylic acids is 1. The van der Waals surface area contributed by atoms with Gasteiger partial charge in [-0.15, -0.1) is 0 Å². The Morgan fingerprint density at radius 3 is 2.54 bits per heavy atom. The Kier molecular flexibility index (Phi) is 4.42. The van der Waals surface area contributed by atoms with E-state index in [0.717, 1.165) is 23.3 Å². The van der Waals surface area contributed by atoms with E-state index >= 15 is 0 Å². The minimum atomic E-state index is -0.871. The number of aliphatic carboxylic acids is 1. The summed E-state index contributed by atoms with van der Waals surface area (Å²) in [5.74, 6) is -0.812. The molecule has 5 nitrogen and oxygen atoms in total. The van der Waals surface area contributed by atoms with Crippen LogP contribution in [0.25, 0.3) is 0 Å². The van der Waals surface area contributed by atoms with Crippen molar-refractivity contribution in [1.29, 1.82) is 0 Å². The molecule has 1 aliphatic heterocycles. The van der Waals surface area contributed by atoms with E-state index < -0.39 is 11.9 Å². The monoisotopic (exact) mass is 327 g/mol. The molecule has 24 heavy (non-hydrogen) atoms. The topological polar surface area (TPSA) is 70.8 Å². The van der Waals surface area contributed by atoms with Gasteiger partial charge in [0.25, 0.3) is 5.91 Å². The standard InChI is InChI=1S/C19H21NO4/c1-3-16-12(2)9-17(24-16)18(21)20-10-14(15(11-20)19(22)23)13-7-5-4-6-8-13/h4-9,14-15H,3,10-11H2,1-2H3,(H,22,23)/t14-,15-/m0/s1. The Bertz CT molecular complexity index is 750. The molecule has 0 saturated carbocycles. The number of carboxylic acid groups (broad SMARTS) is 1. The van der Waals surface area contributed by atoms with Crippen LogP contribution in [0.4, 0.5) is 0 Å². The molecule has 2 atom stereocenters. The summed E-state index contributed by atoms with van der Waals surface area (Å²) < 4.78 is 5.64. The van der Waals surface area contributed by atoms with Crippen molar-refractivity contribution in [2.75, 3.05) is 13.1 Å². The fourth-order valence-corrected chi connectivity index (χ4v) is 3.39. The largest absolute Gasteiger partial charge is 0.481 e. The second-order valence-corrected chi connectivity index (χ2v) is 6.24. The SMILES string of the molecule is CCc1oc(C(=O)N2C[C@H](C(=O)O)[C@H](c3ccccc3)C2)cc1C. The summed E-state index contributed by atoms with van der Waals surface area (Å²) in [5.41, 5.74) is 1.90. The van der Waals surface area contributed by atoms with Gasteiger partial charge in [0.1, 0.15) is 5.76 Å². The Morgan fingerprint density at radius 2 is 1.96 bits per heavy atom. The van der Waals surface area contributed by atoms with Crippen LogP contribution in [0.3, 0.4) is 0 Å². The molecule has 2 heterocycles. The van der Waals surface area contributed by atoms with E-state index in [1.54, 1.807) is 11.0 Å². The van der Waals surface area contributed by atoms with Crippen LogP contribution >= 0.6 is 0 Å². The molecule has 1 N–H and O–H groups in total. The minimum absolute atomic E-state index is 0.200. The quantitative estimate of drug-likeness (QED) is 0.937. The van der Waals surface area contributed by atoms with Gasteiger partial charge in [0.15, 0.2) is 5.76 Å². The minimum Gasteiger partial charge on any atom is -0.481 e. The molecule has 1 saturated heterocycles. The molecule has 1 amide bonds. The highest BCUT2D eigenvalue weighted by Gasteiger charge is 2.41. The van der Waals surface area contributed by atoms with Crippen molar-refractivity contribution >= 4 is 11.9 Å². The van der Waals surface area contributed by atoms with Crippen LogP contribution in [0.2, 0.25) is 0 Å². The zero-order valence-corrected chi connectivity index (χ0v) is 13.9. The maximum Gasteiger partial charge on any atom is 0.308 e. The van der Waals surface area contributed by atoms with Gasteiger partial charge < -0.3 is 14.4 Å². The summed E-state index contributed by atoms with van der Waals surface area (Å²) in [6.45, 7) is 4.48. The third kappa shape index (κ3) is 2.94. The number of rotatable bonds is 4. The van der Waals surface area contributed by atoms with Crippen LogP contribution in [0.15, 0.2) is 40.8 Å². The predicted octanol–water partition coefficient (Wildman–Crippen LogP) is 3.09. The van der Waals surface area contributed by atoms with Gasteiger partial charge in [0.05, 0.1) is 5.92 Å². The van der Waals surface area contributed by atoms with Crippen LogP contribution in [-0.2, 0) is 11.2 Å². The lowest BCUT2D eigenvalue weighted by Crippen LogP contribution is -2.29. The number of carbonyl (C=O) groups is 2. The number of likely N-dealkylation sites (tertiary alicyclic amines) is 1. The summed E-state index contributed by atoms with van der Waals surface area (Å²) in [5, 5.41) is 9.54. The number of hydrogen-bond acceptors (Lipinski definition) is 3. The maximum absolute atomic E-state index is 12.7. The first kappa shape index (κ1) is 16.3. The van der Waals surface area contributed by atoms with Gasteiger partial charge in [-0.25, -0.2) is 0 Å². The van der Waals surface area contributed by atoms with Gasteiger partial charge in [-0.3, -0.25) is 9.59 Å². The van der Waals surface area contributed by atoms with E-state index in [2.05, 4.69) is 0 Å². The highest BCUT2D eigenvalue weighted by molar-refractivity contribution is 5.92. The van der Waals surface area contributed by atoms with E-state index in [0.29, 0.717) is 12.3 Å².